The number of halogens is 1. The summed E-state index contributed by atoms with van der Waals surface area (Å²) < 4.78 is 0. The molecule has 1 aromatic carbocycles. The van der Waals surface area contributed by atoms with Gasteiger partial charge in [-0.3, -0.25) is 4.79 Å². The molecule has 1 amide bonds. The Hall–Kier alpha value is -1.02. The van der Waals surface area contributed by atoms with Gasteiger partial charge in [-0.25, -0.2) is 0 Å². The number of carbonyl (C=O) groups excluding carboxylic acids is 1. The van der Waals surface area contributed by atoms with Crippen LogP contribution in [0.25, 0.3) is 0 Å². The van der Waals surface area contributed by atoms with E-state index in [1.165, 1.54) is 0 Å². The van der Waals surface area contributed by atoms with Crippen molar-refractivity contribution in [3.05, 3.63) is 34.9 Å². The molecule has 1 rings (SSSR count). The van der Waals surface area contributed by atoms with E-state index in [2.05, 4.69) is 6.92 Å². The Morgan fingerprint density at radius 2 is 1.93 bits per heavy atom. The Kier molecular flexibility index (Phi) is 4.63. The standard InChI is InChI=1S/C12H16ClNO/c1-3-4-9-14(2)12(15)10-5-7-11(13)8-6-10/h5-8H,3-4,9H2,1-2H3. The van der Waals surface area contributed by atoms with Gasteiger partial charge >= 0.3 is 0 Å². The average molecular weight is 226 g/mol. The van der Waals surface area contributed by atoms with Crippen LogP contribution in [0, 0.1) is 0 Å². The van der Waals surface area contributed by atoms with Gasteiger partial charge in [-0.1, -0.05) is 24.9 Å². The van der Waals surface area contributed by atoms with Crippen LogP contribution in [0.1, 0.15) is 30.1 Å². The third-order valence-electron chi connectivity index (χ3n) is 2.28. The average Bonchev–Trinajstić information content (AvgIpc) is 2.26. The van der Waals surface area contributed by atoms with Gasteiger partial charge in [0.1, 0.15) is 0 Å². The Labute approximate surface area is 95.8 Å². The molecule has 0 bridgehead atoms. The summed E-state index contributed by atoms with van der Waals surface area (Å²) in [4.78, 5) is 13.6. The van der Waals surface area contributed by atoms with Crippen molar-refractivity contribution in [2.24, 2.45) is 0 Å². The normalized spacial score (nSPS) is 10.1. The van der Waals surface area contributed by atoms with Crippen molar-refractivity contribution in [2.75, 3.05) is 13.6 Å². The first kappa shape index (κ1) is 12.1. The molecule has 0 aliphatic heterocycles. The Balaban J connectivity index is 2.63. The third kappa shape index (κ3) is 3.56. The van der Waals surface area contributed by atoms with Crippen molar-refractivity contribution < 1.29 is 4.79 Å². The largest absolute Gasteiger partial charge is 0.342 e. The molecule has 0 fully saturated rings. The lowest BCUT2D eigenvalue weighted by atomic mass is 10.2. The number of carbonyl (C=O) groups is 1. The van der Waals surface area contributed by atoms with Crippen LogP contribution in [-0.4, -0.2) is 24.4 Å². The van der Waals surface area contributed by atoms with E-state index in [0.717, 1.165) is 19.4 Å². The first-order chi connectivity index (χ1) is 7.15. The summed E-state index contributed by atoms with van der Waals surface area (Å²) in [6, 6.07) is 6.99. The summed E-state index contributed by atoms with van der Waals surface area (Å²) in [7, 11) is 1.83. The van der Waals surface area contributed by atoms with Crippen molar-refractivity contribution in [3.8, 4) is 0 Å². The molecule has 0 spiro atoms. The highest BCUT2D eigenvalue weighted by Crippen LogP contribution is 2.11. The Bertz CT molecular complexity index is 321. The monoisotopic (exact) mass is 225 g/mol. The van der Waals surface area contributed by atoms with Gasteiger partial charge in [0.05, 0.1) is 0 Å². The summed E-state index contributed by atoms with van der Waals surface area (Å²) in [5, 5.41) is 0.655. The number of hydrogen-bond acceptors (Lipinski definition) is 1. The number of nitrogens with zero attached hydrogens (tertiary/aromatic N) is 1. The molecule has 0 radical (unpaired) electrons. The molecule has 0 heterocycles. The van der Waals surface area contributed by atoms with Gasteiger partial charge < -0.3 is 4.90 Å². The lowest BCUT2D eigenvalue weighted by molar-refractivity contribution is 0.0793. The molecule has 0 aliphatic rings. The zero-order valence-electron chi connectivity index (χ0n) is 9.16. The van der Waals surface area contributed by atoms with Crippen molar-refractivity contribution in [1.29, 1.82) is 0 Å². The summed E-state index contributed by atoms with van der Waals surface area (Å²) in [5.41, 5.74) is 0.693. The molecule has 3 heteroatoms. The number of amides is 1. The number of unbranched alkanes of at least 4 members (excludes halogenated alkanes) is 1. The number of hydrogen-bond donors (Lipinski definition) is 0. The molecule has 0 N–H and O–H groups in total. The first-order valence-corrected chi connectivity index (χ1v) is 5.54. The highest BCUT2D eigenvalue weighted by Gasteiger charge is 2.10. The third-order valence-corrected chi connectivity index (χ3v) is 2.54. The molecule has 0 unspecified atom stereocenters. The van der Waals surface area contributed by atoms with E-state index in [1.54, 1.807) is 29.2 Å². The summed E-state index contributed by atoms with van der Waals surface area (Å²) >= 11 is 5.75. The van der Waals surface area contributed by atoms with E-state index in [1.807, 2.05) is 7.05 Å². The summed E-state index contributed by atoms with van der Waals surface area (Å²) in [5.74, 6) is 0.0557. The number of rotatable bonds is 4. The summed E-state index contributed by atoms with van der Waals surface area (Å²) in [6.45, 7) is 2.92. The van der Waals surface area contributed by atoms with Crippen LogP contribution in [0.3, 0.4) is 0 Å². The quantitative estimate of drug-likeness (QED) is 0.771. The molecule has 0 saturated heterocycles. The van der Waals surface area contributed by atoms with Crippen molar-refractivity contribution >= 4 is 17.5 Å². The smallest absolute Gasteiger partial charge is 0.253 e. The van der Waals surface area contributed by atoms with E-state index >= 15 is 0 Å². The minimum absolute atomic E-state index is 0.0557. The molecule has 1 aromatic rings. The van der Waals surface area contributed by atoms with E-state index in [0.29, 0.717) is 10.6 Å². The Morgan fingerprint density at radius 3 is 2.47 bits per heavy atom. The minimum Gasteiger partial charge on any atom is -0.342 e. The number of benzene rings is 1. The van der Waals surface area contributed by atoms with E-state index < -0.39 is 0 Å². The fraction of sp³-hybridized carbons (Fsp3) is 0.417. The van der Waals surface area contributed by atoms with Crippen LogP contribution in [0.2, 0.25) is 5.02 Å². The second-order valence-electron chi connectivity index (χ2n) is 3.59. The van der Waals surface area contributed by atoms with Gasteiger partial charge in [0.15, 0.2) is 0 Å². The zero-order valence-corrected chi connectivity index (χ0v) is 9.92. The van der Waals surface area contributed by atoms with Crippen molar-refractivity contribution in [2.45, 2.75) is 19.8 Å². The fourth-order valence-corrected chi connectivity index (χ4v) is 1.44. The van der Waals surface area contributed by atoms with Crippen molar-refractivity contribution in [1.82, 2.24) is 4.90 Å². The van der Waals surface area contributed by atoms with Gasteiger partial charge in [0.25, 0.3) is 5.91 Å². The molecule has 0 aromatic heterocycles. The highest BCUT2D eigenvalue weighted by atomic mass is 35.5. The topological polar surface area (TPSA) is 20.3 Å². The highest BCUT2D eigenvalue weighted by molar-refractivity contribution is 6.30. The second-order valence-corrected chi connectivity index (χ2v) is 4.02. The maximum Gasteiger partial charge on any atom is 0.253 e. The molecular formula is C12H16ClNO. The lowest BCUT2D eigenvalue weighted by Crippen LogP contribution is -2.27. The van der Waals surface area contributed by atoms with Gasteiger partial charge in [0, 0.05) is 24.2 Å². The first-order valence-electron chi connectivity index (χ1n) is 5.16. The molecule has 15 heavy (non-hydrogen) atoms. The maximum absolute atomic E-state index is 11.8. The van der Waals surface area contributed by atoms with Crippen LogP contribution in [0.4, 0.5) is 0 Å². The lowest BCUT2D eigenvalue weighted by Gasteiger charge is -2.16. The predicted octanol–water partition coefficient (Wildman–Crippen LogP) is 3.21. The maximum atomic E-state index is 11.8. The van der Waals surface area contributed by atoms with Crippen molar-refractivity contribution in [3.63, 3.8) is 0 Å². The Morgan fingerprint density at radius 1 is 1.33 bits per heavy atom. The SMILES string of the molecule is CCCCN(C)C(=O)c1ccc(Cl)cc1. The van der Waals surface area contributed by atoms with E-state index in [-0.39, 0.29) is 5.91 Å². The van der Waals surface area contributed by atoms with E-state index in [9.17, 15) is 4.79 Å². The van der Waals surface area contributed by atoms with E-state index in [4.69, 9.17) is 11.6 Å². The van der Waals surface area contributed by atoms with Crippen LogP contribution >= 0.6 is 11.6 Å². The molecular weight excluding hydrogens is 210 g/mol. The second kappa shape index (κ2) is 5.76. The molecule has 0 atom stereocenters. The molecule has 82 valence electrons. The van der Waals surface area contributed by atoms with Crippen LogP contribution < -0.4 is 0 Å². The van der Waals surface area contributed by atoms with Gasteiger partial charge in [-0.15, -0.1) is 0 Å². The molecule has 0 saturated carbocycles. The van der Waals surface area contributed by atoms with Gasteiger partial charge in [-0.2, -0.15) is 0 Å². The fourth-order valence-electron chi connectivity index (χ4n) is 1.31. The predicted molar refractivity (Wildman–Crippen MR) is 63.3 cm³/mol. The van der Waals surface area contributed by atoms with Crippen LogP contribution in [-0.2, 0) is 0 Å². The minimum atomic E-state index is 0.0557. The zero-order chi connectivity index (χ0) is 11.3. The summed E-state index contributed by atoms with van der Waals surface area (Å²) in [6.07, 6.45) is 2.13. The molecule has 2 nitrogen and oxygen atoms in total. The van der Waals surface area contributed by atoms with Crippen LogP contribution in [0.15, 0.2) is 24.3 Å². The van der Waals surface area contributed by atoms with Gasteiger partial charge in [-0.05, 0) is 30.7 Å². The molecule has 0 aliphatic carbocycles. The van der Waals surface area contributed by atoms with Crippen LogP contribution in [0.5, 0.6) is 0 Å². The van der Waals surface area contributed by atoms with Gasteiger partial charge in [0.2, 0.25) is 0 Å².